The lowest BCUT2D eigenvalue weighted by Crippen LogP contribution is -2.00. The van der Waals surface area contributed by atoms with Gasteiger partial charge in [0.2, 0.25) is 5.88 Å². The van der Waals surface area contributed by atoms with Gasteiger partial charge in [-0.15, -0.1) is 11.3 Å². The lowest BCUT2D eigenvalue weighted by molar-refractivity contribution is 0.465. The van der Waals surface area contributed by atoms with E-state index in [0.717, 1.165) is 40.4 Å². The van der Waals surface area contributed by atoms with Crippen molar-refractivity contribution in [1.82, 2.24) is 9.97 Å². The number of rotatable bonds is 3. The third kappa shape index (κ3) is 2.72. The van der Waals surface area contributed by atoms with Crippen LogP contribution in [0, 0.1) is 6.92 Å². The van der Waals surface area contributed by atoms with E-state index in [1.807, 2.05) is 26.0 Å². The summed E-state index contributed by atoms with van der Waals surface area (Å²) in [7, 11) is 0. The maximum absolute atomic E-state index is 11.8. The quantitative estimate of drug-likeness (QED) is 0.472. The largest absolute Gasteiger partial charge is 0.438 e. The summed E-state index contributed by atoms with van der Waals surface area (Å²) in [6.45, 7) is 3.90. The van der Waals surface area contributed by atoms with Crippen LogP contribution in [0.25, 0.3) is 21.2 Å². The molecule has 0 saturated heterocycles. The molecule has 27 heavy (non-hydrogen) atoms. The molecule has 0 atom stereocenters. The molecule has 3 aromatic heterocycles. The molecule has 0 N–H and O–H groups in total. The van der Waals surface area contributed by atoms with Crippen molar-refractivity contribution in [2.45, 2.75) is 39.5 Å². The zero-order valence-corrected chi connectivity index (χ0v) is 16.0. The number of benzene rings is 1. The Kier molecular flexibility index (Phi) is 3.75. The number of aromatic nitrogens is 2. The molecule has 0 radical (unpaired) electrons. The van der Waals surface area contributed by atoms with Gasteiger partial charge in [-0.25, -0.2) is 9.78 Å². The van der Waals surface area contributed by atoms with E-state index in [1.165, 1.54) is 16.9 Å². The van der Waals surface area contributed by atoms with Crippen molar-refractivity contribution >= 4 is 32.5 Å². The standard InChI is InChI=1S/C21H18N2O3S/c1-3-12-9-18(24)26-16-10-13(7-8-14(12)16)25-20-19-15-5-4-6-17(15)27-21(19)23-11(2)22-20/h7-10H,3-6H2,1-2H3. The molecule has 0 fully saturated rings. The highest BCUT2D eigenvalue weighted by atomic mass is 32.1. The first kappa shape index (κ1) is 16.4. The molecular weight excluding hydrogens is 360 g/mol. The molecular formula is C21H18N2O3S. The Bertz CT molecular complexity index is 1260. The average molecular weight is 378 g/mol. The van der Waals surface area contributed by atoms with Crippen molar-refractivity contribution in [2.24, 2.45) is 0 Å². The van der Waals surface area contributed by atoms with Gasteiger partial charge in [0.25, 0.3) is 0 Å². The van der Waals surface area contributed by atoms with Crippen LogP contribution < -0.4 is 10.4 Å². The first-order valence-electron chi connectivity index (χ1n) is 9.16. The summed E-state index contributed by atoms with van der Waals surface area (Å²) in [6.07, 6.45) is 4.10. The third-order valence-electron chi connectivity index (χ3n) is 5.04. The number of aryl methyl sites for hydroxylation is 4. The highest BCUT2D eigenvalue weighted by Gasteiger charge is 2.23. The first-order chi connectivity index (χ1) is 13.1. The van der Waals surface area contributed by atoms with Gasteiger partial charge in [0.05, 0.1) is 5.39 Å². The summed E-state index contributed by atoms with van der Waals surface area (Å²) in [5, 5.41) is 1.96. The lowest BCUT2D eigenvalue weighted by atomic mass is 10.1. The first-order valence-corrected chi connectivity index (χ1v) is 9.97. The van der Waals surface area contributed by atoms with Crippen LogP contribution in [0.2, 0.25) is 0 Å². The second-order valence-electron chi connectivity index (χ2n) is 6.82. The van der Waals surface area contributed by atoms with Crippen LogP contribution in [-0.2, 0) is 19.3 Å². The fourth-order valence-corrected chi connectivity index (χ4v) is 5.11. The Morgan fingerprint density at radius 2 is 2.11 bits per heavy atom. The summed E-state index contributed by atoms with van der Waals surface area (Å²) < 4.78 is 11.6. The summed E-state index contributed by atoms with van der Waals surface area (Å²) >= 11 is 1.74. The van der Waals surface area contributed by atoms with Gasteiger partial charge < -0.3 is 9.15 Å². The Balaban J connectivity index is 1.64. The second-order valence-corrected chi connectivity index (χ2v) is 7.90. The molecule has 1 aliphatic carbocycles. The number of thiophene rings is 1. The molecule has 0 saturated carbocycles. The molecule has 5 rings (SSSR count). The molecule has 6 heteroatoms. The van der Waals surface area contributed by atoms with Gasteiger partial charge >= 0.3 is 5.63 Å². The molecule has 4 aromatic rings. The van der Waals surface area contributed by atoms with Crippen LogP contribution in [0.4, 0.5) is 0 Å². The normalized spacial score (nSPS) is 13.4. The van der Waals surface area contributed by atoms with E-state index in [4.69, 9.17) is 9.15 Å². The van der Waals surface area contributed by atoms with Crippen molar-refractivity contribution < 1.29 is 9.15 Å². The number of hydrogen-bond acceptors (Lipinski definition) is 6. The van der Waals surface area contributed by atoms with Crippen LogP contribution in [0.3, 0.4) is 0 Å². The zero-order chi connectivity index (χ0) is 18.5. The minimum atomic E-state index is -0.340. The monoisotopic (exact) mass is 378 g/mol. The molecule has 1 aromatic carbocycles. The minimum Gasteiger partial charge on any atom is -0.438 e. The molecule has 0 aliphatic heterocycles. The van der Waals surface area contributed by atoms with Gasteiger partial charge in [0.1, 0.15) is 22.0 Å². The van der Waals surface area contributed by atoms with E-state index < -0.39 is 0 Å². The van der Waals surface area contributed by atoms with Gasteiger partial charge in [-0.05, 0) is 55.9 Å². The maximum atomic E-state index is 11.8. The Morgan fingerprint density at radius 3 is 2.96 bits per heavy atom. The molecule has 0 amide bonds. The van der Waals surface area contributed by atoms with Crippen molar-refractivity contribution in [3.63, 3.8) is 0 Å². The second kappa shape index (κ2) is 6.16. The molecule has 0 unspecified atom stereocenters. The maximum Gasteiger partial charge on any atom is 0.336 e. The van der Waals surface area contributed by atoms with Gasteiger partial charge in [-0.3, -0.25) is 0 Å². The van der Waals surface area contributed by atoms with E-state index in [-0.39, 0.29) is 5.63 Å². The van der Waals surface area contributed by atoms with Crippen LogP contribution >= 0.6 is 11.3 Å². The lowest BCUT2D eigenvalue weighted by Gasteiger charge is -2.09. The fourth-order valence-electron chi connectivity index (χ4n) is 3.82. The molecule has 0 spiro atoms. The number of hydrogen-bond donors (Lipinski definition) is 0. The Labute approximate surface area is 159 Å². The van der Waals surface area contributed by atoms with Crippen LogP contribution in [-0.4, -0.2) is 9.97 Å². The SMILES string of the molecule is CCc1cc(=O)oc2cc(Oc3nc(C)nc4sc5c(c34)CCC5)ccc12. The third-order valence-corrected chi connectivity index (χ3v) is 6.23. The van der Waals surface area contributed by atoms with Gasteiger partial charge in [-0.2, -0.15) is 4.98 Å². The van der Waals surface area contributed by atoms with Crippen molar-refractivity contribution in [2.75, 3.05) is 0 Å². The van der Waals surface area contributed by atoms with Crippen LogP contribution in [0.15, 0.2) is 33.5 Å². The van der Waals surface area contributed by atoms with E-state index in [0.29, 0.717) is 23.0 Å². The van der Waals surface area contributed by atoms with E-state index >= 15 is 0 Å². The fraction of sp³-hybridized carbons (Fsp3) is 0.286. The van der Waals surface area contributed by atoms with E-state index in [1.54, 1.807) is 23.5 Å². The number of ether oxygens (including phenoxy) is 1. The highest BCUT2D eigenvalue weighted by Crippen LogP contribution is 2.41. The summed E-state index contributed by atoms with van der Waals surface area (Å²) in [5.41, 5.74) is 2.50. The van der Waals surface area contributed by atoms with Crippen molar-refractivity contribution in [1.29, 1.82) is 0 Å². The summed E-state index contributed by atoms with van der Waals surface area (Å²) in [4.78, 5) is 23.4. The Morgan fingerprint density at radius 1 is 1.22 bits per heavy atom. The van der Waals surface area contributed by atoms with Gasteiger partial charge in [-0.1, -0.05) is 6.92 Å². The van der Waals surface area contributed by atoms with Gasteiger partial charge in [0, 0.05) is 22.4 Å². The molecule has 3 heterocycles. The van der Waals surface area contributed by atoms with Crippen molar-refractivity contribution in [3.05, 3.63) is 56.5 Å². The van der Waals surface area contributed by atoms with Gasteiger partial charge in [0.15, 0.2) is 0 Å². The minimum absolute atomic E-state index is 0.340. The molecule has 1 aliphatic rings. The van der Waals surface area contributed by atoms with Crippen LogP contribution in [0.5, 0.6) is 11.6 Å². The number of nitrogens with zero attached hydrogens (tertiary/aromatic N) is 2. The highest BCUT2D eigenvalue weighted by molar-refractivity contribution is 7.19. The Hall–Kier alpha value is -2.73. The predicted octanol–water partition coefficient (Wildman–Crippen LogP) is 4.95. The predicted molar refractivity (Wildman–Crippen MR) is 106 cm³/mol. The molecule has 5 nitrogen and oxygen atoms in total. The topological polar surface area (TPSA) is 65.2 Å². The van der Waals surface area contributed by atoms with E-state index in [9.17, 15) is 4.79 Å². The van der Waals surface area contributed by atoms with Crippen LogP contribution in [0.1, 0.15) is 35.2 Å². The van der Waals surface area contributed by atoms with Crippen molar-refractivity contribution in [3.8, 4) is 11.6 Å². The van der Waals surface area contributed by atoms with E-state index in [2.05, 4.69) is 9.97 Å². The summed E-state index contributed by atoms with van der Waals surface area (Å²) in [5.74, 6) is 1.89. The summed E-state index contributed by atoms with van der Waals surface area (Å²) in [6, 6.07) is 7.16. The molecule has 136 valence electrons. The average Bonchev–Trinajstić information content (AvgIpc) is 3.21. The molecule has 0 bridgehead atoms. The smallest absolute Gasteiger partial charge is 0.336 e. The number of fused-ring (bicyclic) bond motifs is 4. The zero-order valence-electron chi connectivity index (χ0n) is 15.2.